The summed E-state index contributed by atoms with van der Waals surface area (Å²) in [6.45, 7) is 7.12. The molecule has 0 bridgehead atoms. The van der Waals surface area contributed by atoms with Crippen LogP contribution in [-0.2, 0) is 6.42 Å². The van der Waals surface area contributed by atoms with Crippen LogP contribution in [0.25, 0.3) is 0 Å². The largest absolute Gasteiger partial charge is 0.331 e. The van der Waals surface area contributed by atoms with E-state index in [0.29, 0.717) is 0 Å². The molecule has 1 N–H and O–H groups in total. The number of hydrogen-bond donors (Lipinski definition) is 1. The van der Waals surface area contributed by atoms with Gasteiger partial charge in [0.1, 0.15) is 0 Å². The topological polar surface area (TPSA) is 35.6 Å². The van der Waals surface area contributed by atoms with Crippen LogP contribution in [0.2, 0.25) is 0 Å². The molecule has 1 fully saturated rings. The van der Waals surface area contributed by atoms with Gasteiger partial charge in [-0.3, -0.25) is 4.90 Å². The molecule has 0 aromatic heterocycles. The van der Waals surface area contributed by atoms with Crippen molar-refractivity contribution < 1.29 is 4.79 Å². The Hall–Kier alpha value is -1.55. The van der Waals surface area contributed by atoms with Crippen LogP contribution in [-0.4, -0.2) is 48.6 Å². The van der Waals surface area contributed by atoms with Crippen LogP contribution < -0.4 is 5.32 Å². The first kappa shape index (κ1) is 16.3. The maximum atomic E-state index is 12.6. The van der Waals surface area contributed by atoms with Crippen LogP contribution in [0.1, 0.15) is 49.8 Å². The van der Waals surface area contributed by atoms with Crippen molar-refractivity contribution in [3.05, 3.63) is 35.4 Å². The lowest BCUT2D eigenvalue weighted by Crippen LogP contribution is -2.52. The van der Waals surface area contributed by atoms with Crippen molar-refractivity contribution in [1.82, 2.24) is 15.1 Å². The number of rotatable bonds is 4. The molecule has 2 aliphatic rings. The molecular weight excluding hydrogens is 286 g/mol. The van der Waals surface area contributed by atoms with E-state index < -0.39 is 0 Å². The highest BCUT2D eigenvalue weighted by Gasteiger charge is 2.25. The Balaban J connectivity index is 1.53. The van der Waals surface area contributed by atoms with Crippen molar-refractivity contribution in [2.75, 3.05) is 32.7 Å². The van der Waals surface area contributed by atoms with Gasteiger partial charge in [-0.15, -0.1) is 0 Å². The molecule has 1 saturated heterocycles. The second-order valence-corrected chi connectivity index (χ2v) is 6.78. The van der Waals surface area contributed by atoms with Gasteiger partial charge in [0.25, 0.3) is 0 Å². The fourth-order valence-electron chi connectivity index (χ4n) is 3.70. The molecule has 126 valence electrons. The van der Waals surface area contributed by atoms with Gasteiger partial charge < -0.3 is 10.2 Å². The number of amides is 2. The first-order valence-electron chi connectivity index (χ1n) is 9.13. The first-order valence-corrected chi connectivity index (χ1v) is 9.13. The van der Waals surface area contributed by atoms with E-state index in [1.54, 1.807) is 0 Å². The van der Waals surface area contributed by atoms with Crippen molar-refractivity contribution in [2.24, 2.45) is 0 Å². The standard InChI is InChI=1S/C19H29N3O/c1-2-3-11-21-12-14-22(15-13-21)19(23)20-18-10-6-8-16-7-4-5-9-17(16)18/h4-5,7,9,18H,2-3,6,8,10-15H2,1H3,(H,20,23). The molecule has 1 atom stereocenters. The minimum Gasteiger partial charge on any atom is -0.331 e. The summed E-state index contributed by atoms with van der Waals surface area (Å²) in [5.41, 5.74) is 2.71. The van der Waals surface area contributed by atoms with Gasteiger partial charge in [0.05, 0.1) is 6.04 Å². The number of piperazine rings is 1. The average Bonchev–Trinajstić information content (AvgIpc) is 2.60. The molecule has 3 rings (SSSR count). The van der Waals surface area contributed by atoms with Gasteiger partial charge in [-0.1, -0.05) is 37.6 Å². The number of aryl methyl sites for hydroxylation is 1. The van der Waals surface area contributed by atoms with Crippen molar-refractivity contribution in [3.63, 3.8) is 0 Å². The fourth-order valence-corrected chi connectivity index (χ4v) is 3.70. The van der Waals surface area contributed by atoms with Gasteiger partial charge in [0, 0.05) is 26.2 Å². The number of urea groups is 1. The summed E-state index contributed by atoms with van der Waals surface area (Å²) >= 11 is 0. The third-order valence-electron chi connectivity index (χ3n) is 5.15. The normalized spacial score (nSPS) is 21.8. The zero-order chi connectivity index (χ0) is 16.1. The summed E-state index contributed by atoms with van der Waals surface area (Å²) in [6, 6.07) is 8.84. The monoisotopic (exact) mass is 315 g/mol. The number of carbonyl (C=O) groups excluding carboxylic acids is 1. The molecule has 1 aliphatic carbocycles. The smallest absolute Gasteiger partial charge is 0.317 e. The molecule has 0 saturated carbocycles. The quantitative estimate of drug-likeness (QED) is 0.926. The summed E-state index contributed by atoms with van der Waals surface area (Å²) in [6.07, 6.45) is 5.84. The zero-order valence-corrected chi connectivity index (χ0v) is 14.3. The highest BCUT2D eigenvalue weighted by Crippen LogP contribution is 2.29. The number of nitrogens with one attached hydrogen (secondary N) is 1. The summed E-state index contributed by atoms with van der Waals surface area (Å²) in [5.74, 6) is 0. The molecule has 4 heteroatoms. The SMILES string of the molecule is CCCCN1CCN(C(=O)NC2CCCc3ccccc32)CC1. The Bertz CT molecular complexity index is 523. The third-order valence-corrected chi connectivity index (χ3v) is 5.15. The Kier molecular flexibility index (Phi) is 5.55. The van der Waals surface area contributed by atoms with E-state index in [9.17, 15) is 4.79 Å². The fraction of sp³-hybridized carbons (Fsp3) is 0.632. The Morgan fingerprint density at radius 1 is 1.22 bits per heavy atom. The van der Waals surface area contributed by atoms with Gasteiger partial charge in [-0.2, -0.15) is 0 Å². The number of hydrogen-bond acceptors (Lipinski definition) is 2. The van der Waals surface area contributed by atoms with Crippen molar-refractivity contribution in [2.45, 2.75) is 45.1 Å². The molecule has 1 aromatic rings. The zero-order valence-electron chi connectivity index (χ0n) is 14.3. The Labute approximate surface area is 139 Å². The van der Waals surface area contributed by atoms with Gasteiger partial charge in [-0.05, 0) is 43.4 Å². The summed E-state index contributed by atoms with van der Waals surface area (Å²) in [7, 11) is 0. The van der Waals surface area contributed by atoms with E-state index in [4.69, 9.17) is 0 Å². The van der Waals surface area contributed by atoms with Crippen LogP contribution in [0.4, 0.5) is 4.79 Å². The lowest BCUT2D eigenvalue weighted by molar-refractivity contribution is 0.135. The van der Waals surface area contributed by atoms with Crippen LogP contribution in [0, 0.1) is 0 Å². The third kappa shape index (κ3) is 4.05. The minimum absolute atomic E-state index is 0.113. The van der Waals surface area contributed by atoms with Crippen LogP contribution in [0.3, 0.4) is 0 Å². The summed E-state index contributed by atoms with van der Waals surface area (Å²) in [5, 5.41) is 3.27. The molecule has 1 aromatic carbocycles. The molecule has 4 nitrogen and oxygen atoms in total. The molecule has 2 amide bonds. The van der Waals surface area contributed by atoms with E-state index >= 15 is 0 Å². The van der Waals surface area contributed by atoms with Crippen LogP contribution in [0.5, 0.6) is 0 Å². The minimum atomic E-state index is 0.113. The van der Waals surface area contributed by atoms with E-state index in [1.807, 2.05) is 4.90 Å². The Morgan fingerprint density at radius 2 is 2.00 bits per heavy atom. The Morgan fingerprint density at radius 3 is 2.78 bits per heavy atom. The highest BCUT2D eigenvalue weighted by atomic mass is 16.2. The second kappa shape index (κ2) is 7.82. The predicted molar refractivity (Wildman–Crippen MR) is 93.6 cm³/mol. The molecule has 1 aliphatic heterocycles. The van der Waals surface area contributed by atoms with Crippen LogP contribution >= 0.6 is 0 Å². The average molecular weight is 315 g/mol. The van der Waals surface area contributed by atoms with Crippen molar-refractivity contribution >= 4 is 6.03 Å². The molecule has 1 unspecified atom stereocenters. The van der Waals surface area contributed by atoms with E-state index in [2.05, 4.69) is 41.4 Å². The maximum Gasteiger partial charge on any atom is 0.317 e. The van der Waals surface area contributed by atoms with Gasteiger partial charge in [0.15, 0.2) is 0 Å². The number of fused-ring (bicyclic) bond motifs is 1. The van der Waals surface area contributed by atoms with Crippen molar-refractivity contribution in [3.8, 4) is 0 Å². The van der Waals surface area contributed by atoms with Gasteiger partial charge in [0.2, 0.25) is 0 Å². The van der Waals surface area contributed by atoms with Gasteiger partial charge >= 0.3 is 6.03 Å². The molecule has 23 heavy (non-hydrogen) atoms. The van der Waals surface area contributed by atoms with Crippen LogP contribution in [0.15, 0.2) is 24.3 Å². The lowest BCUT2D eigenvalue weighted by Gasteiger charge is -2.36. The predicted octanol–water partition coefficient (Wildman–Crippen LogP) is 3.19. The molecule has 0 radical (unpaired) electrons. The summed E-state index contributed by atoms with van der Waals surface area (Å²) in [4.78, 5) is 17.1. The van der Waals surface area contributed by atoms with E-state index in [-0.39, 0.29) is 12.1 Å². The number of carbonyl (C=O) groups is 1. The number of nitrogens with zero attached hydrogens (tertiary/aromatic N) is 2. The summed E-state index contributed by atoms with van der Waals surface area (Å²) < 4.78 is 0. The van der Waals surface area contributed by atoms with Gasteiger partial charge in [-0.25, -0.2) is 4.79 Å². The second-order valence-electron chi connectivity index (χ2n) is 6.78. The molecule has 1 heterocycles. The molecule has 0 spiro atoms. The highest BCUT2D eigenvalue weighted by molar-refractivity contribution is 5.75. The maximum absolute atomic E-state index is 12.6. The van der Waals surface area contributed by atoms with E-state index in [0.717, 1.165) is 45.4 Å². The number of unbranched alkanes of at least 4 members (excludes halogenated alkanes) is 1. The molecular formula is C19H29N3O. The number of benzene rings is 1. The first-order chi connectivity index (χ1) is 11.3. The van der Waals surface area contributed by atoms with Crippen molar-refractivity contribution in [1.29, 1.82) is 0 Å². The van der Waals surface area contributed by atoms with E-state index in [1.165, 1.54) is 30.5 Å². The lowest BCUT2D eigenvalue weighted by atomic mass is 9.88.